The molecule has 1 atom stereocenters. The van der Waals surface area contributed by atoms with Crippen LogP contribution < -0.4 is 21.2 Å². The number of halogens is 3. The fourth-order valence-electron chi connectivity index (χ4n) is 5.04. The second-order valence-corrected chi connectivity index (χ2v) is 9.20. The molecule has 0 bridgehead atoms. The van der Waals surface area contributed by atoms with E-state index in [0.29, 0.717) is 11.0 Å². The maximum Gasteiger partial charge on any atom is 0.416 e. The maximum absolute atomic E-state index is 13.0. The minimum atomic E-state index is -4.61. The minimum absolute atomic E-state index is 0.162. The summed E-state index contributed by atoms with van der Waals surface area (Å²) in [4.78, 5) is 40.5. The molecule has 2 amide bonds. The standard InChI is InChI=1S/C26H24F3N3O5/c27-26(28,29)16-5-1-6-17(12-16)30-24(35)20(13-33)31-23(34)19-11-15-10-14-4-2-8-32-9-3-7-18(21(14)32)22(15)37-25(19)36/h1,5-6,10-12,20,33H,2-4,7-9,13H2,(H,30,35)(H,31,34)/t20-/m0/s1. The van der Waals surface area contributed by atoms with Crippen LogP contribution in [0.3, 0.4) is 0 Å². The van der Waals surface area contributed by atoms with Gasteiger partial charge in [-0.25, -0.2) is 4.79 Å². The Balaban J connectivity index is 1.39. The zero-order valence-electron chi connectivity index (χ0n) is 19.7. The molecule has 2 aliphatic heterocycles. The van der Waals surface area contributed by atoms with Crippen molar-refractivity contribution in [3.05, 3.63) is 69.1 Å². The summed E-state index contributed by atoms with van der Waals surface area (Å²) in [6.45, 7) is 1.05. The highest BCUT2D eigenvalue weighted by Crippen LogP contribution is 2.39. The van der Waals surface area contributed by atoms with Crippen LogP contribution in [0.1, 0.15) is 39.9 Å². The van der Waals surface area contributed by atoms with E-state index in [1.807, 2.05) is 6.07 Å². The predicted molar refractivity (Wildman–Crippen MR) is 130 cm³/mol. The molecule has 0 spiro atoms. The van der Waals surface area contributed by atoms with Gasteiger partial charge in [-0.15, -0.1) is 0 Å². The van der Waals surface area contributed by atoms with Crippen LogP contribution in [-0.4, -0.2) is 42.7 Å². The number of aryl methyl sites for hydroxylation is 2. The van der Waals surface area contributed by atoms with E-state index in [4.69, 9.17) is 4.42 Å². The van der Waals surface area contributed by atoms with Crippen molar-refractivity contribution >= 4 is 34.2 Å². The van der Waals surface area contributed by atoms with Crippen molar-refractivity contribution in [2.24, 2.45) is 0 Å². The van der Waals surface area contributed by atoms with Gasteiger partial charge in [0.2, 0.25) is 5.91 Å². The number of carbonyl (C=O) groups is 2. The molecule has 5 rings (SSSR count). The lowest BCUT2D eigenvalue weighted by Gasteiger charge is -2.37. The van der Waals surface area contributed by atoms with E-state index < -0.39 is 41.8 Å². The number of alkyl halides is 3. The number of nitrogens with one attached hydrogen (secondary N) is 2. The first-order valence-electron chi connectivity index (χ1n) is 11.9. The normalized spacial score (nSPS) is 15.7. The van der Waals surface area contributed by atoms with Crippen LogP contribution in [0.25, 0.3) is 11.0 Å². The summed E-state index contributed by atoms with van der Waals surface area (Å²) in [6.07, 6.45) is -1.05. The highest BCUT2D eigenvalue weighted by Gasteiger charge is 2.31. The summed E-state index contributed by atoms with van der Waals surface area (Å²) < 4.78 is 44.4. The summed E-state index contributed by atoms with van der Waals surface area (Å²) in [5, 5.41) is 14.8. The van der Waals surface area contributed by atoms with Gasteiger partial charge in [-0.05, 0) is 61.6 Å². The SMILES string of the molecule is O=C(N[C@@H](CO)C(=O)Nc1cccc(C(F)(F)F)c1)c1cc2cc3c4c(c2oc1=O)CCCN4CCC3. The van der Waals surface area contributed by atoms with Crippen molar-refractivity contribution in [2.75, 3.05) is 29.9 Å². The minimum Gasteiger partial charge on any atom is -0.422 e. The third kappa shape index (κ3) is 4.78. The van der Waals surface area contributed by atoms with Crippen molar-refractivity contribution in [3.63, 3.8) is 0 Å². The van der Waals surface area contributed by atoms with Crippen molar-refractivity contribution in [1.29, 1.82) is 0 Å². The first-order valence-corrected chi connectivity index (χ1v) is 11.9. The molecule has 2 aliphatic rings. The van der Waals surface area contributed by atoms with Crippen molar-refractivity contribution in [1.82, 2.24) is 5.32 Å². The topological polar surface area (TPSA) is 112 Å². The highest BCUT2D eigenvalue weighted by atomic mass is 19.4. The number of carbonyl (C=O) groups excluding carboxylic acids is 2. The van der Waals surface area contributed by atoms with Crippen LogP contribution in [0.15, 0.2) is 45.6 Å². The van der Waals surface area contributed by atoms with Crippen LogP contribution in [0, 0.1) is 0 Å². The van der Waals surface area contributed by atoms with E-state index in [1.165, 1.54) is 12.1 Å². The van der Waals surface area contributed by atoms with Gasteiger partial charge in [0.15, 0.2) is 0 Å². The summed E-state index contributed by atoms with van der Waals surface area (Å²) in [6, 6.07) is 5.76. The molecule has 0 fully saturated rings. The molecule has 0 aliphatic carbocycles. The Morgan fingerprint density at radius 1 is 1.11 bits per heavy atom. The highest BCUT2D eigenvalue weighted by molar-refractivity contribution is 6.02. The lowest BCUT2D eigenvalue weighted by atomic mass is 9.90. The fourth-order valence-corrected chi connectivity index (χ4v) is 5.04. The molecule has 1 aromatic heterocycles. The van der Waals surface area contributed by atoms with Crippen LogP contribution >= 0.6 is 0 Å². The summed E-state index contributed by atoms with van der Waals surface area (Å²) in [5.74, 6) is -1.89. The van der Waals surface area contributed by atoms with Crippen molar-refractivity contribution < 1.29 is 32.3 Å². The predicted octanol–water partition coefficient (Wildman–Crippen LogP) is 3.24. The van der Waals surface area contributed by atoms with Crippen molar-refractivity contribution in [3.8, 4) is 0 Å². The quantitative estimate of drug-likeness (QED) is 0.450. The van der Waals surface area contributed by atoms with Crippen LogP contribution in [0.2, 0.25) is 0 Å². The number of anilines is 2. The molecule has 3 aromatic rings. The molecule has 11 heteroatoms. The second-order valence-electron chi connectivity index (χ2n) is 9.20. The molecule has 0 radical (unpaired) electrons. The number of fused-ring (bicyclic) bond motifs is 2. The van der Waals surface area contributed by atoms with Gasteiger partial charge in [0, 0.05) is 35.4 Å². The number of benzene rings is 2. The third-order valence-corrected chi connectivity index (χ3v) is 6.72. The number of hydrogen-bond donors (Lipinski definition) is 3. The van der Waals surface area contributed by atoms with Gasteiger partial charge in [0.1, 0.15) is 17.2 Å². The van der Waals surface area contributed by atoms with E-state index in [-0.39, 0.29) is 11.3 Å². The first-order chi connectivity index (χ1) is 17.7. The van der Waals surface area contributed by atoms with Gasteiger partial charge in [-0.2, -0.15) is 13.2 Å². The Labute approximate surface area is 209 Å². The smallest absolute Gasteiger partial charge is 0.416 e. The number of aliphatic hydroxyl groups is 1. The largest absolute Gasteiger partial charge is 0.422 e. The Morgan fingerprint density at radius 3 is 2.59 bits per heavy atom. The maximum atomic E-state index is 13.0. The van der Waals surface area contributed by atoms with Gasteiger partial charge in [-0.1, -0.05) is 6.07 Å². The Bertz CT molecular complexity index is 1450. The Hall–Kier alpha value is -3.86. The average molecular weight is 515 g/mol. The second kappa shape index (κ2) is 9.55. The third-order valence-electron chi connectivity index (χ3n) is 6.72. The lowest BCUT2D eigenvalue weighted by molar-refractivity contribution is -0.137. The molecule has 194 valence electrons. The van der Waals surface area contributed by atoms with Gasteiger partial charge in [0.05, 0.1) is 12.2 Å². The fraction of sp³-hybridized carbons (Fsp3) is 0.346. The van der Waals surface area contributed by atoms with Gasteiger partial charge < -0.3 is 25.1 Å². The average Bonchev–Trinajstić information content (AvgIpc) is 2.87. The van der Waals surface area contributed by atoms with Crippen molar-refractivity contribution in [2.45, 2.75) is 37.9 Å². The molecule has 0 saturated carbocycles. The Morgan fingerprint density at radius 2 is 1.86 bits per heavy atom. The number of amides is 2. The van der Waals surface area contributed by atoms with E-state index >= 15 is 0 Å². The molecular formula is C26H24F3N3O5. The summed E-state index contributed by atoms with van der Waals surface area (Å²) in [7, 11) is 0. The molecule has 2 aromatic carbocycles. The summed E-state index contributed by atoms with van der Waals surface area (Å²) in [5.41, 5.74) is 1.28. The molecule has 37 heavy (non-hydrogen) atoms. The molecule has 8 nitrogen and oxygen atoms in total. The van der Waals surface area contributed by atoms with E-state index in [1.54, 1.807) is 0 Å². The molecular weight excluding hydrogens is 491 g/mol. The lowest BCUT2D eigenvalue weighted by Crippen LogP contribution is -2.47. The van der Waals surface area contributed by atoms with Crippen LogP contribution in [-0.2, 0) is 23.8 Å². The summed E-state index contributed by atoms with van der Waals surface area (Å²) >= 11 is 0. The molecule has 0 saturated heterocycles. The number of aliphatic hydroxyl groups excluding tert-OH is 1. The van der Waals surface area contributed by atoms with Gasteiger partial charge in [-0.3, -0.25) is 9.59 Å². The molecule has 3 N–H and O–H groups in total. The van der Waals surface area contributed by atoms with Gasteiger partial charge in [0.25, 0.3) is 5.91 Å². The van der Waals surface area contributed by atoms with Crippen LogP contribution in [0.5, 0.6) is 0 Å². The number of hydrogen-bond acceptors (Lipinski definition) is 6. The van der Waals surface area contributed by atoms with Crippen LogP contribution in [0.4, 0.5) is 24.5 Å². The first kappa shape index (κ1) is 24.8. The molecule has 0 unspecified atom stereocenters. The Kier molecular flexibility index (Phi) is 6.40. The van der Waals surface area contributed by atoms with Gasteiger partial charge >= 0.3 is 11.8 Å². The van der Waals surface area contributed by atoms with E-state index in [2.05, 4.69) is 15.5 Å². The zero-order valence-corrected chi connectivity index (χ0v) is 19.7. The monoisotopic (exact) mass is 515 g/mol. The van der Waals surface area contributed by atoms with E-state index in [0.717, 1.165) is 73.8 Å². The zero-order chi connectivity index (χ0) is 26.3. The van der Waals surface area contributed by atoms with E-state index in [9.17, 15) is 32.7 Å². The number of nitrogens with zero attached hydrogens (tertiary/aromatic N) is 1. The molecule has 3 heterocycles. The number of rotatable bonds is 5.